The predicted octanol–water partition coefficient (Wildman–Crippen LogP) is 16.7. The summed E-state index contributed by atoms with van der Waals surface area (Å²) in [5.41, 5.74) is 23.7. The van der Waals surface area contributed by atoms with Gasteiger partial charge in [0.15, 0.2) is 7.28 Å². The van der Waals surface area contributed by atoms with Crippen molar-refractivity contribution in [1.82, 2.24) is 0 Å². The third kappa shape index (κ3) is 6.49. The first kappa shape index (κ1) is 43.1. The number of anilines is 5. The van der Waals surface area contributed by atoms with Crippen LogP contribution in [-0.4, -0.2) is 7.28 Å². The highest BCUT2D eigenvalue weighted by molar-refractivity contribution is 6.74. The first-order chi connectivity index (χ1) is 33.6. The van der Waals surface area contributed by atoms with E-state index >= 15 is 0 Å². The highest BCUT2D eigenvalue weighted by Gasteiger charge is 2.40. The van der Waals surface area contributed by atoms with Crippen molar-refractivity contribution in [2.24, 2.45) is 0 Å². The molecule has 0 amide bonds. The number of rotatable bonds is 5. The van der Waals surface area contributed by atoms with E-state index in [4.69, 9.17) is 8.83 Å². The summed E-state index contributed by atoms with van der Waals surface area (Å²) < 4.78 is 13.9. The van der Waals surface area contributed by atoms with E-state index in [0.717, 1.165) is 86.5 Å². The Morgan fingerprint density at radius 1 is 0.486 bits per heavy atom. The minimum atomic E-state index is 0.0345. The lowest BCUT2D eigenvalue weighted by molar-refractivity contribution is 0.332. The summed E-state index contributed by atoms with van der Waals surface area (Å²) in [6, 6.07) is 54.1. The van der Waals surface area contributed by atoms with Gasteiger partial charge in [0.05, 0.1) is 11.1 Å². The van der Waals surface area contributed by atoms with Crippen LogP contribution < -0.4 is 21.1 Å². The molecule has 0 spiro atoms. The largest absolute Gasteiger partial charge is 0.456 e. The number of hydrogen-bond donors (Lipinski definition) is 1. The van der Waals surface area contributed by atoms with Crippen LogP contribution in [-0.2, 0) is 21.7 Å². The van der Waals surface area contributed by atoms with Gasteiger partial charge in [-0.2, -0.15) is 0 Å². The van der Waals surface area contributed by atoms with Crippen LogP contribution in [0, 0.1) is 6.92 Å². The van der Waals surface area contributed by atoms with E-state index in [1.165, 1.54) is 79.8 Å². The van der Waals surface area contributed by atoms with Crippen LogP contribution in [0.15, 0.2) is 154 Å². The van der Waals surface area contributed by atoms with Gasteiger partial charge >= 0.3 is 0 Å². The number of furan rings is 2. The van der Waals surface area contributed by atoms with Crippen molar-refractivity contribution in [2.45, 2.75) is 110 Å². The Morgan fingerprint density at radius 3 is 1.84 bits per heavy atom. The third-order valence-electron chi connectivity index (χ3n) is 17.1. The lowest BCUT2D eigenvalue weighted by Gasteiger charge is -2.43. The van der Waals surface area contributed by atoms with Crippen molar-refractivity contribution in [3.05, 3.63) is 173 Å². The molecule has 346 valence electrons. The van der Waals surface area contributed by atoms with Crippen LogP contribution in [0.3, 0.4) is 0 Å². The molecule has 10 aromatic rings. The van der Waals surface area contributed by atoms with Crippen molar-refractivity contribution in [3.8, 4) is 22.3 Å². The van der Waals surface area contributed by atoms with Gasteiger partial charge in [-0.15, -0.1) is 0 Å². The lowest BCUT2D eigenvalue weighted by Crippen LogP contribution is -2.41. The van der Waals surface area contributed by atoms with Gasteiger partial charge in [0.2, 0.25) is 0 Å². The molecule has 1 N–H and O–H groups in total. The lowest BCUT2D eigenvalue weighted by atomic mass is 9.57. The van der Waals surface area contributed by atoms with Gasteiger partial charge in [0.25, 0.3) is 0 Å². The molecule has 13 rings (SSSR count). The van der Waals surface area contributed by atoms with Crippen molar-refractivity contribution >= 4 is 90.5 Å². The molecule has 8 aromatic carbocycles. The Hall–Kier alpha value is -6.98. The van der Waals surface area contributed by atoms with Crippen LogP contribution in [0.25, 0.3) is 66.1 Å². The van der Waals surface area contributed by atoms with Crippen molar-refractivity contribution < 1.29 is 8.83 Å². The minimum Gasteiger partial charge on any atom is -0.456 e. The van der Waals surface area contributed by atoms with E-state index in [1.807, 2.05) is 0 Å². The first-order valence-electron chi connectivity index (χ1n) is 25.5. The van der Waals surface area contributed by atoms with Crippen molar-refractivity contribution in [3.63, 3.8) is 0 Å². The molecule has 0 bridgehead atoms. The van der Waals surface area contributed by atoms with E-state index in [1.54, 1.807) is 0 Å². The zero-order chi connectivity index (χ0) is 48.1. The number of benzene rings is 8. The van der Waals surface area contributed by atoms with E-state index in [-0.39, 0.29) is 21.7 Å². The summed E-state index contributed by atoms with van der Waals surface area (Å²) in [6.45, 7) is 21.7. The van der Waals surface area contributed by atoms with Gasteiger partial charge in [0.1, 0.15) is 22.3 Å². The third-order valence-corrected chi connectivity index (χ3v) is 17.1. The maximum absolute atomic E-state index is 7.22. The number of nitrogens with one attached hydrogen (secondary N) is 1. The summed E-state index contributed by atoms with van der Waals surface area (Å²) in [6.07, 6.45) is 4.64. The highest BCUT2D eigenvalue weighted by atomic mass is 16.3. The van der Waals surface area contributed by atoms with Gasteiger partial charge in [-0.05, 0) is 153 Å². The average Bonchev–Trinajstić information content (AvgIpc) is 3.92. The molecular weight excluding hydrogens is 852 g/mol. The summed E-state index contributed by atoms with van der Waals surface area (Å²) in [7, 11) is 0.721. The molecule has 3 heterocycles. The molecule has 0 unspecified atom stereocenters. The summed E-state index contributed by atoms with van der Waals surface area (Å²) in [4.78, 5) is 2.60. The molecule has 4 nitrogen and oxygen atoms in total. The van der Waals surface area contributed by atoms with Gasteiger partial charge < -0.3 is 19.1 Å². The average molecular weight is 913 g/mol. The Morgan fingerprint density at radius 2 is 1.11 bits per heavy atom. The molecule has 1 aliphatic heterocycles. The van der Waals surface area contributed by atoms with E-state index in [2.05, 4.69) is 218 Å². The molecule has 2 aliphatic carbocycles. The van der Waals surface area contributed by atoms with E-state index in [9.17, 15) is 0 Å². The van der Waals surface area contributed by atoms with Crippen LogP contribution in [0.5, 0.6) is 0 Å². The molecule has 0 saturated carbocycles. The topological polar surface area (TPSA) is 41.6 Å². The second-order valence-electron chi connectivity index (χ2n) is 23.5. The molecule has 3 aliphatic rings. The maximum atomic E-state index is 7.22. The molecule has 5 heteroatoms. The molecule has 70 heavy (non-hydrogen) atoms. The fourth-order valence-corrected chi connectivity index (χ4v) is 12.8. The Balaban J connectivity index is 1.13. The number of fused-ring (bicyclic) bond motifs is 10. The van der Waals surface area contributed by atoms with E-state index in [0.29, 0.717) is 0 Å². The van der Waals surface area contributed by atoms with Crippen LogP contribution in [0.2, 0.25) is 0 Å². The normalized spacial score (nSPS) is 17.2. The fourth-order valence-electron chi connectivity index (χ4n) is 12.8. The van der Waals surface area contributed by atoms with E-state index < -0.39 is 0 Å². The van der Waals surface area contributed by atoms with Crippen molar-refractivity contribution in [2.75, 3.05) is 10.2 Å². The quantitative estimate of drug-likeness (QED) is 0.175. The zero-order valence-corrected chi connectivity index (χ0v) is 42.2. The van der Waals surface area contributed by atoms with Crippen LogP contribution >= 0.6 is 0 Å². The summed E-state index contributed by atoms with van der Waals surface area (Å²) in [5.74, 6) is 0. The van der Waals surface area contributed by atoms with Gasteiger partial charge in [-0.3, -0.25) is 0 Å². The Labute approximate surface area is 413 Å². The van der Waals surface area contributed by atoms with Crippen LogP contribution in [0.4, 0.5) is 28.4 Å². The molecule has 0 radical (unpaired) electrons. The van der Waals surface area contributed by atoms with Gasteiger partial charge in [-0.1, -0.05) is 152 Å². The predicted molar refractivity (Wildman–Crippen MR) is 298 cm³/mol. The molecular formula is C65H61BN2O2. The standard InChI is InChI=1S/C65H61BN2O2/c1-38-33-47-49(65(8,9)32-31-63(47,4)5)37-52(38)68-51-27-23-40(39-17-11-10-12-18-39)34-50(51)66-59-53(68)36-45-42-19-13-15-21-54(42)70-61(45)58(59)44-25-28-56-57(43-20-14-16-22-55(43)69-56)60(44)67-41-24-26-46-48(35-41)64(6,7)30-29-62(46,2)3/h10-28,33-37,66-67H,29-32H2,1-9H3. The molecule has 0 atom stereocenters. The van der Waals surface area contributed by atoms with Gasteiger partial charge in [-0.25, -0.2) is 0 Å². The number of para-hydroxylation sites is 2. The van der Waals surface area contributed by atoms with Crippen molar-refractivity contribution in [1.29, 1.82) is 0 Å². The number of nitrogens with zero attached hydrogens (tertiary/aromatic N) is 1. The Bertz CT molecular complexity index is 3810. The first-order valence-corrected chi connectivity index (χ1v) is 25.5. The zero-order valence-electron chi connectivity index (χ0n) is 42.2. The molecule has 2 aromatic heterocycles. The maximum Gasteiger partial charge on any atom is 0.198 e. The fraction of sp³-hybridized carbons (Fsp3) is 0.262. The SMILES string of the molecule is Cc1cc2c(cc1N1c3ccc(-c4ccccc4)cc3Bc3c1cc1c(oc4ccccc41)c3-c1ccc3oc4ccccc4c3c1Nc1ccc3c(c1)C(C)(C)CCC3(C)C)C(C)(C)CCC2(C)C. The van der Waals surface area contributed by atoms with Gasteiger partial charge in [0, 0.05) is 50.0 Å². The Kier molecular flexibility index (Phi) is 9.24. The molecule has 0 saturated heterocycles. The monoisotopic (exact) mass is 912 g/mol. The smallest absolute Gasteiger partial charge is 0.198 e. The minimum absolute atomic E-state index is 0.0345. The summed E-state index contributed by atoms with van der Waals surface area (Å²) in [5, 5.41) is 8.53. The number of hydrogen-bond acceptors (Lipinski definition) is 4. The second kappa shape index (κ2) is 15.0. The number of aryl methyl sites for hydroxylation is 1. The highest BCUT2D eigenvalue weighted by Crippen LogP contribution is 2.53. The second-order valence-corrected chi connectivity index (χ2v) is 23.5. The van der Waals surface area contributed by atoms with Crippen LogP contribution in [0.1, 0.15) is 109 Å². The summed E-state index contributed by atoms with van der Waals surface area (Å²) >= 11 is 0. The molecule has 0 fully saturated rings.